The number of amides is 1. The fraction of sp³-hybridized carbons (Fsp3) is 0.263. The van der Waals surface area contributed by atoms with Gasteiger partial charge in [0, 0.05) is 7.05 Å². The summed E-state index contributed by atoms with van der Waals surface area (Å²) in [6.07, 6.45) is 0. The zero-order valence-corrected chi connectivity index (χ0v) is 14.8. The number of fused-ring (bicyclic) bond motifs is 1. The van der Waals surface area contributed by atoms with Crippen LogP contribution >= 0.6 is 11.3 Å². The van der Waals surface area contributed by atoms with Crippen LogP contribution in [0.15, 0.2) is 48.5 Å². The first-order chi connectivity index (χ1) is 11.6. The van der Waals surface area contributed by atoms with Crippen LogP contribution in [0.5, 0.6) is 5.75 Å². The molecule has 1 heterocycles. The molecule has 3 aromatic rings. The smallest absolute Gasteiger partial charge is 0.257 e. The summed E-state index contributed by atoms with van der Waals surface area (Å²) in [7, 11) is 1.81. The first kappa shape index (κ1) is 16.5. The monoisotopic (exact) mass is 340 g/mol. The molecule has 2 aromatic carbocycles. The number of thiazole rings is 1. The maximum atomic E-state index is 12.9. The number of carbonyl (C=O) groups excluding carboxylic acids is 1. The standard InChI is InChI=1S/C19H20N2O2S/c1-4-23-16-11-7-5-9-14(16)19(22)21(3)13(2)18-20-15-10-6-8-12-17(15)24-18/h5-13H,4H2,1-3H3. The summed E-state index contributed by atoms with van der Waals surface area (Å²) in [5.41, 5.74) is 1.55. The van der Waals surface area contributed by atoms with Gasteiger partial charge in [-0.05, 0) is 38.1 Å². The number of para-hydroxylation sites is 2. The van der Waals surface area contributed by atoms with E-state index in [1.54, 1.807) is 22.3 Å². The van der Waals surface area contributed by atoms with Gasteiger partial charge in [0.05, 0.1) is 28.4 Å². The molecule has 5 heteroatoms. The second-order valence-electron chi connectivity index (χ2n) is 5.54. The van der Waals surface area contributed by atoms with E-state index >= 15 is 0 Å². The van der Waals surface area contributed by atoms with E-state index in [1.165, 1.54) is 0 Å². The Morgan fingerprint density at radius 2 is 1.92 bits per heavy atom. The highest BCUT2D eigenvalue weighted by Crippen LogP contribution is 2.30. The molecule has 0 bridgehead atoms. The number of aromatic nitrogens is 1. The molecule has 1 amide bonds. The molecule has 0 N–H and O–H groups in total. The van der Waals surface area contributed by atoms with Crippen LogP contribution in [-0.2, 0) is 0 Å². The Morgan fingerprint density at radius 3 is 2.67 bits per heavy atom. The van der Waals surface area contributed by atoms with Crippen LogP contribution in [0.4, 0.5) is 0 Å². The van der Waals surface area contributed by atoms with Crippen molar-refractivity contribution in [2.45, 2.75) is 19.9 Å². The average molecular weight is 340 g/mol. The normalized spacial score (nSPS) is 12.1. The molecule has 24 heavy (non-hydrogen) atoms. The van der Waals surface area contributed by atoms with E-state index in [2.05, 4.69) is 11.1 Å². The van der Waals surface area contributed by atoms with E-state index < -0.39 is 0 Å². The first-order valence-electron chi connectivity index (χ1n) is 7.96. The van der Waals surface area contributed by atoms with Crippen LogP contribution < -0.4 is 4.74 Å². The van der Waals surface area contributed by atoms with E-state index in [0.29, 0.717) is 17.9 Å². The Labute approximate surface area is 145 Å². The zero-order chi connectivity index (χ0) is 17.1. The van der Waals surface area contributed by atoms with Crippen LogP contribution in [0, 0.1) is 0 Å². The van der Waals surface area contributed by atoms with Gasteiger partial charge in [-0.15, -0.1) is 11.3 Å². The predicted molar refractivity (Wildman–Crippen MR) is 97.7 cm³/mol. The van der Waals surface area contributed by atoms with Crippen molar-refractivity contribution >= 4 is 27.5 Å². The second-order valence-corrected chi connectivity index (χ2v) is 6.60. The third kappa shape index (κ3) is 3.12. The lowest BCUT2D eigenvalue weighted by Crippen LogP contribution is -2.30. The summed E-state index contributed by atoms with van der Waals surface area (Å²) < 4.78 is 6.72. The highest BCUT2D eigenvalue weighted by Gasteiger charge is 2.23. The number of carbonyl (C=O) groups is 1. The molecule has 4 nitrogen and oxygen atoms in total. The Balaban J connectivity index is 1.87. The van der Waals surface area contributed by atoms with E-state index in [-0.39, 0.29) is 11.9 Å². The Morgan fingerprint density at radius 1 is 1.21 bits per heavy atom. The number of rotatable bonds is 5. The van der Waals surface area contributed by atoms with Crippen LogP contribution in [0.1, 0.15) is 35.3 Å². The van der Waals surface area contributed by atoms with Crippen LogP contribution in [0.3, 0.4) is 0 Å². The topological polar surface area (TPSA) is 42.4 Å². The predicted octanol–water partition coefficient (Wildman–Crippen LogP) is 4.53. The molecule has 0 aliphatic carbocycles. The van der Waals surface area contributed by atoms with Crippen LogP contribution in [0.2, 0.25) is 0 Å². The van der Waals surface area contributed by atoms with Crippen molar-refractivity contribution < 1.29 is 9.53 Å². The van der Waals surface area contributed by atoms with Gasteiger partial charge in [-0.2, -0.15) is 0 Å². The van der Waals surface area contributed by atoms with Crippen molar-refractivity contribution in [2.75, 3.05) is 13.7 Å². The lowest BCUT2D eigenvalue weighted by atomic mass is 10.1. The molecule has 1 atom stereocenters. The number of benzene rings is 2. The minimum absolute atomic E-state index is 0.0641. The molecule has 0 radical (unpaired) electrons. The minimum atomic E-state index is -0.107. The fourth-order valence-corrected chi connectivity index (χ4v) is 3.59. The molecule has 0 aliphatic heterocycles. The van der Waals surface area contributed by atoms with Crippen molar-refractivity contribution in [1.82, 2.24) is 9.88 Å². The highest BCUT2D eigenvalue weighted by atomic mass is 32.1. The van der Waals surface area contributed by atoms with E-state index in [0.717, 1.165) is 15.2 Å². The van der Waals surface area contributed by atoms with Gasteiger partial charge in [-0.3, -0.25) is 4.79 Å². The SMILES string of the molecule is CCOc1ccccc1C(=O)N(C)C(C)c1nc2ccccc2s1. The number of hydrogen-bond acceptors (Lipinski definition) is 4. The average Bonchev–Trinajstić information content (AvgIpc) is 3.04. The summed E-state index contributed by atoms with van der Waals surface area (Å²) in [5, 5.41) is 0.931. The van der Waals surface area contributed by atoms with E-state index in [9.17, 15) is 4.79 Å². The molecule has 0 saturated carbocycles. The molecular formula is C19H20N2O2S. The molecule has 1 unspecified atom stereocenters. The molecule has 0 fully saturated rings. The van der Waals surface area contributed by atoms with Gasteiger partial charge < -0.3 is 9.64 Å². The summed E-state index contributed by atoms with van der Waals surface area (Å²) in [4.78, 5) is 19.3. The van der Waals surface area contributed by atoms with Gasteiger partial charge >= 0.3 is 0 Å². The summed E-state index contributed by atoms with van der Waals surface area (Å²) in [6.45, 7) is 4.44. The highest BCUT2D eigenvalue weighted by molar-refractivity contribution is 7.18. The summed E-state index contributed by atoms with van der Waals surface area (Å²) in [6, 6.07) is 15.3. The molecule has 0 aliphatic rings. The van der Waals surface area contributed by atoms with Gasteiger partial charge in [0.1, 0.15) is 10.8 Å². The molecule has 3 rings (SSSR count). The number of nitrogens with zero attached hydrogens (tertiary/aromatic N) is 2. The Bertz CT molecular complexity index is 826. The summed E-state index contributed by atoms with van der Waals surface area (Å²) in [5.74, 6) is 0.555. The molecule has 0 saturated heterocycles. The van der Waals surface area contributed by atoms with Crippen LogP contribution in [0.25, 0.3) is 10.2 Å². The van der Waals surface area contributed by atoms with Crippen molar-refractivity contribution in [3.63, 3.8) is 0 Å². The lowest BCUT2D eigenvalue weighted by Gasteiger charge is -2.24. The van der Waals surface area contributed by atoms with Crippen molar-refractivity contribution in [2.24, 2.45) is 0 Å². The maximum absolute atomic E-state index is 12.9. The summed E-state index contributed by atoms with van der Waals surface area (Å²) >= 11 is 1.62. The van der Waals surface area contributed by atoms with Gasteiger partial charge in [0.25, 0.3) is 5.91 Å². The quantitative estimate of drug-likeness (QED) is 0.685. The first-order valence-corrected chi connectivity index (χ1v) is 8.78. The molecule has 0 spiro atoms. The maximum Gasteiger partial charge on any atom is 0.257 e. The zero-order valence-electron chi connectivity index (χ0n) is 14.0. The number of hydrogen-bond donors (Lipinski definition) is 0. The lowest BCUT2D eigenvalue weighted by molar-refractivity contribution is 0.0738. The van der Waals surface area contributed by atoms with E-state index in [1.807, 2.05) is 57.3 Å². The van der Waals surface area contributed by atoms with Gasteiger partial charge in [0.15, 0.2) is 0 Å². The van der Waals surface area contributed by atoms with E-state index in [4.69, 9.17) is 4.74 Å². The minimum Gasteiger partial charge on any atom is -0.493 e. The Kier molecular flexibility index (Phi) is 4.81. The Hall–Kier alpha value is -2.40. The third-order valence-electron chi connectivity index (χ3n) is 3.99. The van der Waals surface area contributed by atoms with Crippen molar-refractivity contribution in [3.8, 4) is 5.75 Å². The van der Waals surface area contributed by atoms with Gasteiger partial charge in [-0.25, -0.2) is 4.98 Å². The van der Waals surface area contributed by atoms with Gasteiger partial charge in [0.2, 0.25) is 0 Å². The molecule has 1 aromatic heterocycles. The largest absolute Gasteiger partial charge is 0.493 e. The number of ether oxygens (including phenoxy) is 1. The molecule has 124 valence electrons. The fourth-order valence-electron chi connectivity index (χ4n) is 2.52. The van der Waals surface area contributed by atoms with Crippen LogP contribution in [-0.4, -0.2) is 29.4 Å². The third-order valence-corrected chi connectivity index (χ3v) is 5.19. The van der Waals surface area contributed by atoms with Crippen molar-refractivity contribution in [3.05, 3.63) is 59.1 Å². The molecular weight excluding hydrogens is 320 g/mol. The van der Waals surface area contributed by atoms with Gasteiger partial charge in [-0.1, -0.05) is 24.3 Å². The second kappa shape index (κ2) is 7.01. The van der Waals surface area contributed by atoms with Crippen molar-refractivity contribution in [1.29, 1.82) is 0 Å².